The van der Waals surface area contributed by atoms with Gasteiger partial charge in [0.25, 0.3) is 5.56 Å². The van der Waals surface area contributed by atoms with Crippen molar-refractivity contribution < 1.29 is 9.21 Å². The van der Waals surface area contributed by atoms with E-state index in [-0.39, 0.29) is 30.0 Å². The van der Waals surface area contributed by atoms with Crippen molar-refractivity contribution in [1.82, 2.24) is 19.9 Å². The monoisotopic (exact) mass is 354 g/mol. The number of aromatic nitrogens is 3. The summed E-state index contributed by atoms with van der Waals surface area (Å²) in [7, 11) is 0. The lowest BCUT2D eigenvalue weighted by Crippen LogP contribution is -2.44. The summed E-state index contributed by atoms with van der Waals surface area (Å²) in [6, 6.07) is 10.6. The van der Waals surface area contributed by atoms with Crippen LogP contribution >= 0.6 is 0 Å². The molecule has 0 aliphatic rings. The molecule has 0 aliphatic heterocycles. The highest BCUT2D eigenvalue weighted by atomic mass is 16.3. The van der Waals surface area contributed by atoms with E-state index in [1.807, 2.05) is 13.0 Å². The maximum absolute atomic E-state index is 12.9. The Balaban J connectivity index is 1.87. The maximum atomic E-state index is 12.9. The molecule has 3 aromatic rings. The minimum Gasteiger partial charge on any atom is -0.467 e. The summed E-state index contributed by atoms with van der Waals surface area (Å²) in [6.45, 7) is 6.28. The van der Waals surface area contributed by atoms with E-state index in [2.05, 4.69) is 24.2 Å². The molecule has 26 heavy (non-hydrogen) atoms. The predicted molar refractivity (Wildman–Crippen MR) is 97.4 cm³/mol. The number of hydrogen-bond acceptors (Lipinski definition) is 5. The van der Waals surface area contributed by atoms with Gasteiger partial charge in [-0.15, -0.1) is 5.10 Å². The standard InChI is InChI=1S/C19H22N4O3/c1-13(2)14(3)22(11-15-7-6-10-26-15)18(24)12-23-19(25)16-8-4-5-9-17(16)20-21-23/h4-10,13-14H,11-12H2,1-3H3/t14-/m1/s1. The number of benzene rings is 1. The summed E-state index contributed by atoms with van der Waals surface area (Å²) in [5, 5.41) is 8.40. The normalized spacial score (nSPS) is 12.5. The summed E-state index contributed by atoms with van der Waals surface area (Å²) in [4.78, 5) is 27.2. The molecule has 2 aromatic heterocycles. The van der Waals surface area contributed by atoms with Crippen LogP contribution in [0, 0.1) is 5.92 Å². The average Bonchev–Trinajstić information content (AvgIpc) is 3.14. The minimum atomic E-state index is -0.320. The van der Waals surface area contributed by atoms with E-state index in [9.17, 15) is 9.59 Å². The first-order chi connectivity index (χ1) is 12.5. The highest BCUT2D eigenvalue weighted by Crippen LogP contribution is 2.16. The number of rotatable bonds is 6. The van der Waals surface area contributed by atoms with E-state index in [1.165, 1.54) is 0 Å². The fraction of sp³-hybridized carbons (Fsp3) is 0.368. The molecule has 3 rings (SSSR count). The smallest absolute Gasteiger partial charge is 0.278 e. The zero-order valence-electron chi connectivity index (χ0n) is 15.1. The quantitative estimate of drug-likeness (QED) is 0.679. The first-order valence-corrected chi connectivity index (χ1v) is 8.61. The van der Waals surface area contributed by atoms with Crippen molar-refractivity contribution in [3.8, 4) is 0 Å². The Morgan fingerprint density at radius 2 is 1.96 bits per heavy atom. The molecule has 0 fully saturated rings. The molecule has 1 atom stereocenters. The molecule has 1 amide bonds. The summed E-state index contributed by atoms with van der Waals surface area (Å²) in [5.41, 5.74) is 0.197. The van der Waals surface area contributed by atoms with Gasteiger partial charge in [-0.05, 0) is 37.1 Å². The Hall–Kier alpha value is -2.96. The molecule has 0 bridgehead atoms. The number of amides is 1. The van der Waals surface area contributed by atoms with Crippen LogP contribution in [0.5, 0.6) is 0 Å². The molecule has 0 aliphatic carbocycles. The zero-order chi connectivity index (χ0) is 18.7. The largest absolute Gasteiger partial charge is 0.467 e. The molecule has 136 valence electrons. The van der Waals surface area contributed by atoms with Crippen LogP contribution in [0.3, 0.4) is 0 Å². The van der Waals surface area contributed by atoms with Gasteiger partial charge < -0.3 is 9.32 Å². The maximum Gasteiger partial charge on any atom is 0.278 e. The summed E-state index contributed by atoms with van der Waals surface area (Å²) in [5.74, 6) is 0.755. The Kier molecular flexibility index (Phi) is 5.16. The lowest BCUT2D eigenvalue weighted by Gasteiger charge is -2.31. The molecule has 7 nitrogen and oxygen atoms in total. The molecule has 0 radical (unpaired) electrons. The van der Waals surface area contributed by atoms with Gasteiger partial charge in [-0.1, -0.05) is 31.2 Å². The number of hydrogen-bond donors (Lipinski definition) is 0. The lowest BCUT2D eigenvalue weighted by atomic mass is 10.0. The van der Waals surface area contributed by atoms with Crippen molar-refractivity contribution in [3.05, 3.63) is 58.8 Å². The van der Waals surface area contributed by atoms with Crippen LogP contribution in [-0.4, -0.2) is 31.8 Å². The SMILES string of the molecule is CC(C)[C@@H](C)N(Cc1ccco1)C(=O)Cn1nnc2ccccc2c1=O. The fourth-order valence-electron chi connectivity index (χ4n) is 2.74. The van der Waals surface area contributed by atoms with E-state index in [1.54, 1.807) is 41.5 Å². The molecule has 0 saturated carbocycles. The van der Waals surface area contributed by atoms with Crippen LogP contribution in [0.1, 0.15) is 26.5 Å². The number of fused-ring (bicyclic) bond motifs is 1. The Morgan fingerprint density at radius 1 is 1.19 bits per heavy atom. The van der Waals surface area contributed by atoms with Gasteiger partial charge in [0.1, 0.15) is 17.8 Å². The van der Waals surface area contributed by atoms with Crippen LogP contribution in [0.15, 0.2) is 51.9 Å². The number of carbonyl (C=O) groups is 1. The first kappa shape index (κ1) is 17.8. The van der Waals surface area contributed by atoms with Crippen molar-refractivity contribution in [2.24, 2.45) is 5.92 Å². The molecule has 0 unspecified atom stereocenters. The molecular weight excluding hydrogens is 332 g/mol. The Bertz CT molecular complexity index is 947. The summed E-state index contributed by atoms with van der Waals surface area (Å²) >= 11 is 0. The van der Waals surface area contributed by atoms with Crippen LogP contribution in [0.2, 0.25) is 0 Å². The second-order valence-corrected chi connectivity index (χ2v) is 6.66. The summed E-state index contributed by atoms with van der Waals surface area (Å²) in [6.07, 6.45) is 1.58. The van der Waals surface area contributed by atoms with Gasteiger partial charge in [0.2, 0.25) is 5.91 Å². The van der Waals surface area contributed by atoms with E-state index in [0.29, 0.717) is 23.2 Å². The number of nitrogens with zero attached hydrogens (tertiary/aromatic N) is 4. The van der Waals surface area contributed by atoms with Crippen molar-refractivity contribution in [2.45, 2.75) is 39.9 Å². The Morgan fingerprint density at radius 3 is 2.65 bits per heavy atom. The van der Waals surface area contributed by atoms with Gasteiger partial charge in [-0.2, -0.15) is 0 Å². The predicted octanol–water partition coefficient (Wildman–Crippen LogP) is 2.46. The van der Waals surface area contributed by atoms with Crippen molar-refractivity contribution in [3.63, 3.8) is 0 Å². The zero-order valence-corrected chi connectivity index (χ0v) is 15.1. The van der Waals surface area contributed by atoms with Gasteiger partial charge in [-0.3, -0.25) is 9.59 Å². The highest BCUT2D eigenvalue weighted by Gasteiger charge is 2.24. The number of furan rings is 1. The third kappa shape index (κ3) is 3.66. The molecule has 1 aromatic carbocycles. The van der Waals surface area contributed by atoms with Crippen molar-refractivity contribution in [2.75, 3.05) is 0 Å². The van der Waals surface area contributed by atoms with Gasteiger partial charge in [-0.25, -0.2) is 4.68 Å². The molecule has 0 N–H and O–H groups in total. The molecule has 2 heterocycles. The minimum absolute atomic E-state index is 0.0169. The van der Waals surface area contributed by atoms with Gasteiger partial charge in [0.15, 0.2) is 0 Å². The van der Waals surface area contributed by atoms with E-state index >= 15 is 0 Å². The summed E-state index contributed by atoms with van der Waals surface area (Å²) < 4.78 is 6.50. The van der Waals surface area contributed by atoms with Crippen molar-refractivity contribution >= 4 is 16.8 Å². The Labute approximate surface area is 151 Å². The average molecular weight is 354 g/mol. The second kappa shape index (κ2) is 7.51. The van der Waals surface area contributed by atoms with Crippen LogP contribution in [-0.2, 0) is 17.9 Å². The third-order valence-corrected chi connectivity index (χ3v) is 4.60. The van der Waals surface area contributed by atoms with E-state index in [4.69, 9.17) is 4.42 Å². The van der Waals surface area contributed by atoms with Crippen LogP contribution in [0.4, 0.5) is 0 Å². The molecular formula is C19H22N4O3. The van der Waals surface area contributed by atoms with Crippen LogP contribution in [0.25, 0.3) is 10.9 Å². The fourth-order valence-corrected chi connectivity index (χ4v) is 2.74. The van der Waals surface area contributed by atoms with Gasteiger partial charge >= 0.3 is 0 Å². The van der Waals surface area contributed by atoms with Gasteiger partial charge in [0, 0.05) is 6.04 Å². The first-order valence-electron chi connectivity index (χ1n) is 8.61. The third-order valence-electron chi connectivity index (χ3n) is 4.60. The van der Waals surface area contributed by atoms with Crippen LogP contribution < -0.4 is 5.56 Å². The number of carbonyl (C=O) groups excluding carboxylic acids is 1. The highest BCUT2D eigenvalue weighted by molar-refractivity contribution is 5.78. The molecule has 0 saturated heterocycles. The second-order valence-electron chi connectivity index (χ2n) is 6.66. The topological polar surface area (TPSA) is 81.2 Å². The lowest BCUT2D eigenvalue weighted by molar-refractivity contribution is -0.136. The van der Waals surface area contributed by atoms with E-state index < -0.39 is 0 Å². The molecule has 7 heteroatoms. The van der Waals surface area contributed by atoms with E-state index in [0.717, 1.165) is 4.68 Å². The van der Waals surface area contributed by atoms with Gasteiger partial charge in [0.05, 0.1) is 18.2 Å². The molecule has 0 spiro atoms. The van der Waals surface area contributed by atoms with Crippen molar-refractivity contribution in [1.29, 1.82) is 0 Å².